The van der Waals surface area contributed by atoms with Crippen LogP contribution in [0.4, 0.5) is 0 Å². The lowest BCUT2D eigenvalue weighted by Gasteiger charge is -2.08. The molecule has 0 fully saturated rings. The second kappa shape index (κ2) is 5.39. The van der Waals surface area contributed by atoms with Crippen LogP contribution in [0.15, 0.2) is 47.4 Å². The van der Waals surface area contributed by atoms with Crippen LogP contribution in [0.2, 0.25) is 0 Å². The lowest BCUT2D eigenvalue weighted by Crippen LogP contribution is -2.22. The number of aromatic nitrogens is 1. The molecular formula is C14H13NO4. The molecule has 98 valence electrons. The molecule has 1 aromatic carbocycles. The summed E-state index contributed by atoms with van der Waals surface area (Å²) in [5.74, 6) is -1.33. The zero-order chi connectivity index (χ0) is 13.8. The maximum absolute atomic E-state index is 11.9. The number of benzene rings is 1. The molecule has 0 aliphatic carbocycles. The zero-order valence-electron chi connectivity index (χ0n) is 10.4. The Balaban J connectivity index is 2.37. The predicted octanol–water partition coefficient (Wildman–Crippen LogP) is 1.39. The smallest absolute Gasteiger partial charge is 0.341 e. The van der Waals surface area contributed by atoms with Gasteiger partial charge in [-0.2, -0.15) is 0 Å². The highest BCUT2D eigenvalue weighted by Crippen LogP contribution is 2.12. The van der Waals surface area contributed by atoms with Crippen LogP contribution in [-0.2, 0) is 11.3 Å². The van der Waals surface area contributed by atoms with E-state index in [2.05, 4.69) is 4.74 Å². The van der Waals surface area contributed by atoms with Crippen LogP contribution in [0.25, 0.3) is 0 Å². The first-order valence-corrected chi connectivity index (χ1v) is 5.68. The first-order valence-electron chi connectivity index (χ1n) is 5.68. The van der Waals surface area contributed by atoms with E-state index in [9.17, 15) is 14.7 Å². The van der Waals surface area contributed by atoms with E-state index in [1.807, 2.05) is 30.3 Å². The molecule has 19 heavy (non-hydrogen) atoms. The van der Waals surface area contributed by atoms with Crippen LogP contribution in [0.1, 0.15) is 15.9 Å². The van der Waals surface area contributed by atoms with Crippen LogP contribution in [0, 0.1) is 0 Å². The van der Waals surface area contributed by atoms with Crippen molar-refractivity contribution in [3.8, 4) is 5.75 Å². The highest BCUT2D eigenvalue weighted by molar-refractivity contribution is 5.91. The number of nitrogens with zero attached hydrogens (tertiary/aromatic N) is 1. The lowest BCUT2D eigenvalue weighted by atomic mass is 10.2. The number of pyridine rings is 1. The van der Waals surface area contributed by atoms with E-state index in [1.54, 1.807) is 0 Å². The van der Waals surface area contributed by atoms with E-state index in [1.165, 1.54) is 23.9 Å². The molecule has 5 nitrogen and oxygen atoms in total. The third-order valence-corrected chi connectivity index (χ3v) is 2.74. The van der Waals surface area contributed by atoms with E-state index in [0.29, 0.717) is 6.54 Å². The minimum Gasteiger partial charge on any atom is -0.502 e. The second-order valence-electron chi connectivity index (χ2n) is 3.99. The number of carbonyl (C=O) groups excluding carboxylic acids is 1. The maximum atomic E-state index is 11.9. The summed E-state index contributed by atoms with van der Waals surface area (Å²) in [5, 5.41) is 9.72. The summed E-state index contributed by atoms with van der Waals surface area (Å²) in [5.41, 5.74) is 0.179. The van der Waals surface area contributed by atoms with E-state index < -0.39 is 17.3 Å². The molecule has 0 saturated carbocycles. The fourth-order valence-corrected chi connectivity index (χ4v) is 1.74. The van der Waals surface area contributed by atoms with Crippen molar-refractivity contribution in [3.63, 3.8) is 0 Å². The number of carbonyl (C=O) groups is 1. The molecule has 0 aliphatic rings. The van der Waals surface area contributed by atoms with Gasteiger partial charge in [0.25, 0.3) is 5.56 Å². The summed E-state index contributed by atoms with van der Waals surface area (Å²) in [4.78, 5) is 23.2. The van der Waals surface area contributed by atoms with Gasteiger partial charge in [0.2, 0.25) is 0 Å². The van der Waals surface area contributed by atoms with Crippen LogP contribution < -0.4 is 5.56 Å². The molecule has 5 heteroatoms. The number of aromatic hydroxyl groups is 1. The minimum absolute atomic E-state index is 0.128. The molecule has 0 spiro atoms. The zero-order valence-corrected chi connectivity index (χ0v) is 10.4. The Morgan fingerprint density at radius 3 is 2.58 bits per heavy atom. The Labute approximate surface area is 109 Å². The van der Waals surface area contributed by atoms with Crippen molar-refractivity contribution >= 4 is 5.97 Å². The molecule has 1 aromatic heterocycles. The summed E-state index contributed by atoms with van der Waals surface area (Å²) in [6, 6.07) is 10.7. The van der Waals surface area contributed by atoms with Crippen molar-refractivity contribution in [3.05, 3.63) is 64.1 Å². The molecule has 1 N–H and O–H groups in total. The van der Waals surface area contributed by atoms with Crippen LogP contribution in [0.5, 0.6) is 5.75 Å². The van der Waals surface area contributed by atoms with Crippen LogP contribution >= 0.6 is 0 Å². The Bertz CT molecular complexity index is 646. The molecule has 2 aromatic rings. The van der Waals surface area contributed by atoms with E-state index in [4.69, 9.17) is 0 Å². The summed E-state index contributed by atoms with van der Waals surface area (Å²) >= 11 is 0. The summed E-state index contributed by atoms with van der Waals surface area (Å²) in [6.45, 7) is 0.328. The molecular weight excluding hydrogens is 246 g/mol. The van der Waals surface area contributed by atoms with Gasteiger partial charge in [-0.05, 0) is 11.6 Å². The summed E-state index contributed by atoms with van der Waals surface area (Å²) < 4.78 is 5.81. The Morgan fingerprint density at radius 1 is 1.26 bits per heavy atom. The highest BCUT2D eigenvalue weighted by Gasteiger charge is 2.15. The van der Waals surface area contributed by atoms with Gasteiger partial charge in [-0.3, -0.25) is 4.79 Å². The van der Waals surface area contributed by atoms with Gasteiger partial charge in [0.05, 0.1) is 13.7 Å². The van der Waals surface area contributed by atoms with Crippen molar-refractivity contribution in [2.75, 3.05) is 7.11 Å². The van der Waals surface area contributed by atoms with Gasteiger partial charge in [-0.1, -0.05) is 30.3 Å². The van der Waals surface area contributed by atoms with Gasteiger partial charge in [-0.25, -0.2) is 4.79 Å². The quantitative estimate of drug-likeness (QED) is 0.846. The van der Waals surface area contributed by atoms with E-state index >= 15 is 0 Å². The molecule has 0 aliphatic heterocycles. The van der Waals surface area contributed by atoms with Gasteiger partial charge in [0.15, 0.2) is 5.75 Å². The molecule has 0 unspecified atom stereocenters. The third kappa shape index (κ3) is 2.65. The van der Waals surface area contributed by atoms with Crippen molar-refractivity contribution in [2.24, 2.45) is 0 Å². The molecule has 0 bridgehead atoms. The van der Waals surface area contributed by atoms with E-state index in [0.717, 1.165) is 5.56 Å². The predicted molar refractivity (Wildman–Crippen MR) is 69.3 cm³/mol. The Hall–Kier alpha value is -2.56. The topological polar surface area (TPSA) is 68.5 Å². The van der Waals surface area contributed by atoms with Crippen molar-refractivity contribution in [1.29, 1.82) is 0 Å². The van der Waals surface area contributed by atoms with Gasteiger partial charge in [0.1, 0.15) is 5.56 Å². The number of ether oxygens (including phenoxy) is 1. The molecule has 0 radical (unpaired) electrons. The maximum Gasteiger partial charge on any atom is 0.341 e. The molecule has 1 heterocycles. The molecule has 0 atom stereocenters. The number of rotatable bonds is 3. The monoisotopic (exact) mass is 259 g/mol. The average Bonchev–Trinajstić information content (AvgIpc) is 2.44. The van der Waals surface area contributed by atoms with Crippen molar-refractivity contribution < 1.29 is 14.6 Å². The van der Waals surface area contributed by atoms with Crippen molar-refractivity contribution in [1.82, 2.24) is 4.57 Å². The Morgan fingerprint density at radius 2 is 1.95 bits per heavy atom. The van der Waals surface area contributed by atoms with Crippen molar-refractivity contribution in [2.45, 2.75) is 6.54 Å². The average molecular weight is 259 g/mol. The first-order chi connectivity index (χ1) is 9.13. The molecule has 0 saturated heterocycles. The number of methoxy groups -OCH3 is 1. The third-order valence-electron chi connectivity index (χ3n) is 2.74. The fraction of sp³-hybridized carbons (Fsp3) is 0.143. The fourth-order valence-electron chi connectivity index (χ4n) is 1.74. The normalized spacial score (nSPS) is 10.2. The van der Waals surface area contributed by atoms with Gasteiger partial charge in [-0.15, -0.1) is 0 Å². The molecule has 2 rings (SSSR count). The second-order valence-corrected chi connectivity index (χ2v) is 3.99. The van der Waals surface area contributed by atoms with Crippen LogP contribution in [-0.4, -0.2) is 22.8 Å². The van der Waals surface area contributed by atoms with Gasteiger partial charge >= 0.3 is 5.97 Å². The largest absolute Gasteiger partial charge is 0.502 e. The van der Waals surface area contributed by atoms with Gasteiger partial charge < -0.3 is 14.4 Å². The standard InChI is InChI=1S/C14H13NO4/c1-19-14(18)11-7-8-15(13(17)12(11)16)9-10-5-3-2-4-6-10/h2-8,16H,9H2,1H3. The van der Waals surface area contributed by atoms with E-state index in [-0.39, 0.29) is 5.56 Å². The SMILES string of the molecule is COC(=O)c1ccn(Cc2ccccc2)c(=O)c1O. The highest BCUT2D eigenvalue weighted by atomic mass is 16.5. The molecule has 0 amide bonds. The number of hydrogen-bond donors (Lipinski definition) is 1. The lowest BCUT2D eigenvalue weighted by molar-refractivity contribution is 0.0597. The van der Waals surface area contributed by atoms with Gasteiger partial charge in [0, 0.05) is 6.20 Å². The number of hydrogen-bond acceptors (Lipinski definition) is 4. The first kappa shape index (κ1) is 12.9. The number of esters is 1. The Kier molecular flexibility index (Phi) is 3.66. The van der Waals surface area contributed by atoms with Crippen LogP contribution in [0.3, 0.4) is 0 Å². The minimum atomic E-state index is -0.735. The summed E-state index contributed by atoms with van der Waals surface area (Å²) in [7, 11) is 1.19. The summed E-state index contributed by atoms with van der Waals surface area (Å²) in [6.07, 6.45) is 1.46.